The van der Waals surface area contributed by atoms with E-state index < -0.39 is 22.2 Å². The quantitative estimate of drug-likeness (QED) is 0.771. The number of rotatable bonds is 6. The van der Waals surface area contributed by atoms with Crippen LogP contribution in [0.1, 0.15) is 12.0 Å². The van der Waals surface area contributed by atoms with Crippen molar-refractivity contribution >= 4 is 16.1 Å². The van der Waals surface area contributed by atoms with Crippen LogP contribution in [0.15, 0.2) is 30.3 Å². The molecule has 0 aromatic heterocycles. The topological polar surface area (TPSA) is 80.7 Å². The Balaban J connectivity index is 2.60. The molecule has 0 aliphatic carbocycles. The number of carboxylic acid groups (broad SMARTS) is 1. The van der Waals surface area contributed by atoms with E-state index in [9.17, 15) is 13.2 Å². The van der Waals surface area contributed by atoms with Crippen LogP contribution >= 0.6 is 0 Å². The lowest BCUT2D eigenvalue weighted by atomic mass is 10.1. The zero-order valence-corrected chi connectivity index (χ0v) is 10.2. The molecule has 0 unspecified atom stereocenters. The van der Waals surface area contributed by atoms with Crippen LogP contribution in [-0.4, -0.2) is 31.9 Å². The van der Waals surface area contributed by atoms with Crippen molar-refractivity contribution in [1.29, 1.82) is 0 Å². The third-order valence-electron chi connectivity index (χ3n) is 2.10. The largest absolute Gasteiger partial charge is 0.479 e. The van der Waals surface area contributed by atoms with E-state index in [1.54, 1.807) is 0 Å². The van der Waals surface area contributed by atoms with E-state index in [0.717, 1.165) is 11.8 Å². The fraction of sp³-hybridized carbons (Fsp3) is 0.364. The van der Waals surface area contributed by atoms with Gasteiger partial charge in [-0.2, -0.15) is 8.42 Å². The smallest absolute Gasteiger partial charge is 0.334 e. The third-order valence-corrected chi connectivity index (χ3v) is 2.69. The van der Waals surface area contributed by atoms with Gasteiger partial charge >= 0.3 is 5.97 Å². The Hall–Kier alpha value is -1.40. The molecule has 1 rings (SSSR count). The second-order valence-corrected chi connectivity index (χ2v) is 5.25. The van der Waals surface area contributed by atoms with Crippen molar-refractivity contribution in [3.05, 3.63) is 35.9 Å². The van der Waals surface area contributed by atoms with Crippen molar-refractivity contribution in [2.24, 2.45) is 0 Å². The minimum atomic E-state index is -3.75. The van der Waals surface area contributed by atoms with Crippen LogP contribution < -0.4 is 0 Å². The van der Waals surface area contributed by atoms with E-state index in [0.29, 0.717) is 6.42 Å². The van der Waals surface area contributed by atoms with E-state index in [1.165, 1.54) is 0 Å². The van der Waals surface area contributed by atoms with Gasteiger partial charge in [0.15, 0.2) is 6.10 Å². The van der Waals surface area contributed by atoms with Gasteiger partial charge in [0.25, 0.3) is 10.1 Å². The monoisotopic (exact) mass is 258 g/mol. The van der Waals surface area contributed by atoms with Crippen LogP contribution in [0.4, 0.5) is 0 Å². The number of hydrogen-bond acceptors (Lipinski definition) is 4. The molecule has 0 saturated heterocycles. The molecular weight excluding hydrogens is 244 g/mol. The van der Waals surface area contributed by atoms with Crippen molar-refractivity contribution in [2.75, 3.05) is 6.26 Å². The van der Waals surface area contributed by atoms with Crippen LogP contribution in [0, 0.1) is 0 Å². The van der Waals surface area contributed by atoms with Crippen LogP contribution in [0.3, 0.4) is 0 Å². The van der Waals surface area contributed by atoms with Gasteiger partial charge in [0.1, 0.15) is 0 Å². The average Bonchev–Trinajstić information content (AvgIpc) is 2.24. The highest BCUT2D eigenvalue weighted by Crippen LogP contribution is 2.09. The average molecular weight is 258 g/mol. The fourth-order valence-electron chi connectivity index (χ4n) is 1.37. The van der Waals surface area contributed by atoms with Crippen LogP contribution in [0.5, 0.6) is 0 Å². The van der Waals surface area contributed by atoms with Gasteiger partial charge < -0.3 is 5.11 Å². The molecule has 0 amide bonds. The molecule has 1 aromatic carbocycles. The van der Waals surface area contributed by atoms with Gasteiger partial charge in [-0.3, -0.25) is 4.18 Å². The first kappa shape index (κ1) is 13.7. The molecule has 1 aromatic rings. The molecule has 0 fully saturated rings. The first-order valence-corrected chi connectivity index (χ1v) is 6.85. The van der Waals surface area contributed by atoms with Gasteiger partial charge in [0.2, 0.25) is 0 Å². The minimum Gasteiger partial charge on any atom is -0.479 e. The van der Waals surface area contributed by atoms with Crippen molar-refractivity contribution < 1.29 is 22.5 Å². The Kier molecular flexibility index (Phi) is 4.65. The highest BCUT2D eigenvalue weighted by molar-refractivity contribution is 7.86. The Labute approximate surface area is 100 Å². The summed E-state index contributed by atoms with van der Waals surface area (Å²) in [5.41, 5.74) is 0.941. The molecule has 1 N–H and O–H groups in total. The van der Waals surface area contributed by atoms with Gasteiger partial charge in [-0.15, -0.1) is 0 Å². The van der Waals surface area contributed by atoms with Gasteiger partial charge in [-0.25, -0.2) is 4.79 Å². The number of benzene rings is 1. The zero-order chi connectivity index (χ0) is 12.9. The van der Waals surface area contributed by atoms with Crippen LogP contribution in [0.2, 0.25) is 0 Å². The summed E-state index contributed by atoms with van der Waals surface area (Å²) in [4.78, 5) is 10.8. The lowest BCUT2D eigenvalue weighted by molar-refractivity contribution is -0.145. The third kappa shape index (κ3) is 5.46. The maximum atomic E-state index is 10.9. The minimum absolute atomic E-state index is 0.117. The second-order valence-electron chi connectivity index (χ2n) is 3.65. The molecule has 17 heavy (non-hydrogen) atoms. The van der Waals surface area contributed by atoms with Gasteiger partial charge in [-0.05, 0) is 18.4 Å². The lowest BCUT2D eigenvalue weighted by Crippen LogP contribution is -2.27. The Morgan fingerprint density at radius 1 is 1.35 bits per heavy atom. The lowest BCUT2D eigenvalue weighted by Gasteiger charge is -2.11. The first-order valence-electron chi connectivity index (χ1n) is 5.03. The predicted octanol–water partition coefficient (Wildman–Crippen LogP) is 1.05. The zero-order valence-electron chi connectivity index (χ0n) is 9.37. The number of carboxylic acids is 1. The van der Waals surface area contributed by atoms with E-state index >= 15 is 0 Å². The highest BCUT2D eigenvalue weighted by Gasteiger charge is 2.22. The molecule has 6 heteroatoms. The van der Waals surface area contributed by atoms with E-state index in [1.807, 2.05) is 30.3 Å². The molecule has 0 aliphatic heterocycles. The van der Waals surface area contributed by atoms with E-state index in [4.69, 9.17) is 5.11 Å². The standard InChI is InChI=1S/C11H14O5S/c1-17(14,15)16-10(11(12)13)8-7-9-5-3-2-4-6-9/h2-6,10H,7-8H2,1H3,(H,12,13)/t10-/m1/s1. The summed E-state index contributed by atoms with van der Waals surface area (Å²) in [7, 11) is -3.75. The summed E-state index contributed by atoms with van der Waals surface area (Å²) in [5.74, 6) is -1.27. The van der Waals surface area contributed by atoms with E-state index in [-0.39, 0.29) is 6.42 Å². The number of carbonyl (C=O) groups is 1. The molecule has 5 nitrogen and oxygen atoms in total. The van der Waals surface area contributed by atoms with Crippen LogP contribution in [-0.2, 0) is 25.5 Å². The Morgan fingerprint density at radius 3 is 2.41 bits per heavy atom. The number of aliphatic carboxylic acids is 1. The number of aryl methyl sites for hydroxylation is 1. The van der Waals surface area contributed by atoms with Crippen molar-refractivity contribution in [1.82, 2.24) is 0 Å². The van der Waals surface area contributed by atoms with Crippen molar-refractivity contribution in [3.63, 3.8) is 0 Å². The Bertz CT molecular complexity index is 466. The summed E-state index contributed by atoms with van der Waals surface area (Å²) in [6.07, 6.45) is 0.0794. The highest BCUT2D eigenvalue weighted by atomic mass is 32.2. The van der Waals surface area contributed by atoms with Gasteiger partial charge in [0, 0.05) is 0 Å². The van der Waals surface area contributed by atoms with Crippen molar-refractivity contribution in [2.45, 2.75) is 18.9 Å². The molecule has 0 heterocycles. The summed E-state index contributed by atoms with van der Waals surface area (Å²) in [5, 5.41) is 8.83. The molecule has 0 bridgehead atoms. The van der Waals surface area contributed by atoms with Gasteiger partial charge in [0.05, 0.1) is 6.26 Å². The molecule has 1 atom stereocenters. The summed E-state index contributed by atoms with van der Waals surface area (Å²) in [6, 6.07) is 9.22. The van der Waals surface area contributed by atoms with E-state index in [2.05, 4.69) is 4.18 Å². The maximum absolute atomic E-state index is 10.9. The molecular formula is C11H14O5S. The fourth-order valence-corrected chi connectivity index (χ4v) is 1.97. The summed E-state index contributed by atoms with van der Waals surface area (Å²) >= 11 is 0. The predicted molar refractivity (Wildman–Crippen MR) is 62.1 cm³/mol. The number of hydrogen-bond donors (Lipinski definition) is 1. The maximum Gasteiger partial charge on any atom is 0.334 e. The summed E-state index contributed by atoms with van der Waals surface area (Å²) in [6.45, 7) is 0. The van der Waals surface area contributed by atoms with Crippen LogP contribution in [0.25, 0.3) is 0 Å². The summed E-state index contributed by atoms with van der Waals surface area (Å²) < 4.78 is 26.2. The normalized spacial score (nSPS) is 13.2. The molecule has 0 aliphatic rings. The van der Waals surface area contributed by atoms with Crippen molar-refractivity contribution in [3.8, 4) is 0 Å². The second kappa shape index (κ2) is 5.79. The molecule has 0 radical (unpaired) electrons. The molecule has 0 saturated carbocycles. The first-order chi connectivity index (χ1) is 7.88. The Morgan fingerprint density at radius 2 is 1.94 bits per heavy atom. The molecule has 94 valence electrons. The SMILES string of the molecule is CS(=O)(=O)O[C@H](CCc1ccccc1)C(=O)O. The van der Waals surface area contributed by atoms with Gasteiger partial charge in [-0.1, -0.05) is 30.3 Å². The molecule has 0 spiro atoms.